The van der Waals surface area contributed by atoms with Crippen molar-refractivity contribution in [2.75, 3.05) is 0 Å². The fourth-order valence-corrected chi connectivity index (χ4v) is 4.32. The van der Waals surface area contributed by atoms with Crippen molar-refractivity contribution >= 4 is 40.5 Å². The second-order valence-corrected chi connectivity index (χ2v) is 10.3. The molecule has 12 heteroatoms. The number of carboxylic acids is 1. The van der Waals surface area contributed by atoms with Crippen LogP contribution >= 0.6 is 0 Å². The number of amides is 4. The smallest absolute Gasteiger partial charge is 0.326 e. The number of aromatic amines is 1. The number of hydrogen-bond donors (Lipinski definition) is 7. The molecule has 0 aliphatic rings. The van der Waals surface area contributed by atoms with Crippen LogP contribution in [0.4, 0.5) is 0 Å². The van der Waals surface area contributed by atoms with Crippen LogP contribution in [0.2, 0.25) is 0 Å². The van der Waals surface area contributed by atoms with Gasteiger partial charge >= 0.3 is 5.97 Å². The predicted molar refractivity (Wildman–Crippen MR) is 151 cm³/mol. The van der Waals surface area contributed by atoms with Crippen LogP contribution in [0.5, 0.6) is 0 Å². The van der Waals surface area contributed by atoms with E-state index in [2.05, 4.69) is 20.9 Å². The Balaban J connectivity index is 2.33. The van der Waals surface area contributed by atoms with Gasteiger partial charge in [-0.15, -0.1) is 0 Å². The summed E-state index contributed by atoms with van der Waals surface area (Å²) in [6.45, 7) is 7.18. The van der Waals surface area contributed by atoms with E-state index in [9.17, 15) is 29.1 Å². The number of nitrogens with one attached hydrogen (secondary N) is 4. The molecule has 4 amide bonds. The minimum Gasteiger partial charge on any atom is -0.480 e. The van der Waals surface area contributed by atoms with Crippen molar-refractivity contribution < 1.29 is 29.1 Å². The number of carbonyl (C=O) groups excluding carboxylic acids is 4. The van der Waals surface area contributed by atoms with E-state index >= 15 is 0 Å². The molecule has 6 unspecified atom stereocenters. The molecule has 220 valence electrons. The zero-order valence-corrected chi connectivity index (χ0v) is 23.5. The van der Waals surface area contributed by atoms with Gasteiger partial charge in [-0.3, -0.25) is 19.2 Å². The van der Waals surface area contributed by atoms with Gasteiger partial charge < -0.3 is 37.5 Å². The molecule has 0 spiro atoms. The third-order valence-electron chi connectivity index (χ3n) is 7.34. The predicted octanol–water partition coefficient (Wildman–Crippen LogP) is 0.934. The maximum atomic E-state index is 13.5. The Kier molecular flexibility index (Phi) is 12.1. The minimum atomic E-state index is -1.17. The molecule has 1 aromatic heterocycles. The third-order valence-corrected chi connectivity index (χ3v) is 7.34. The van der Waals surface area contributed by atoms with E-state index in [1.54, 1.807) is 20.0 Å². The van der Waals surface area contributed by atoms with E-state index in [4.69, 9.17) is 11.5 Å². The Morgan fingerprint density at radius 3 is 2.10 bits per heavy atom. The number of fused-ring (bicyclic) bond motifs is 1. The summed E-state index contributed by atoms with van der Waals surface area (Å²) in [5.74, 6) is -4.32. The van der Waals surface area contributed by atoms with Crippen molar-refractivity contribution in [3.05, 3.63) is 36.0 Å². The molecule has 1 heterocycles. The lowest BCUT2D eigenvalue weighted by Gasteiger charge is -2.28. The molecule has 6 atom stereocenters. The average Bonchev–Trinajstić information content (AvgIpc) is 3.34. The van der Waals surface area contributed by atoms with Crippen molar-refractivity contribution in [3.63, 3.8) is 0 Å². The quantitative estimate of drug-likeness (QED) is 0.158. The molecule has 0 saturated heterocycles. The van der Waals surface area contributed by atoms with Crippen LogP contribution < -0.4 is 27.4 Å². The number of carboxylic acid groups (broad SMARTS) is 1. The van der Waals surface area contributed by atoms with E-state index in [1.807, 2.05) is 38.1 Å². The van der Waals surface area contributed by atoms with Crippen LogP contribution in [-0.4, -0.2) is 63.9 Å². The van der Waals surface area contributed by atoms with E-state index in [1.165, 1.54) is 0 Å². The van der Waals surface area contributed by atoms with E-state index in [0.717, 1.165) is 16.5 Å². The zero-order chi connectivity index (χ0) is 30.0. The maximum Gasteiger partial charge on any atom is 0.326 e. The molecular weight excluding hydrogens is 516 g/mol. The Bertz CT molecular complexity index is 1200. The van der Waals surface area contributed by atoms with Crippen molar-refractivity contribution in [2.45, 2.75) is 84.0 Å². The van der Waals surface area contributed by atoms with Gasteiger partial charge in [0.2, 0.25) is 23.6 Å². The highest BCUT2D eigenvalue weighted by Gasteiger charge is 2.34. The van der Waals surface area contributed by atoms with Gasteiger partial charge in [-0.05, 0) is 29.9 Å². The van der Waals surface area contributed by atoms with Gasteiger partial charge in [0.05, 0.1) is 6.04 Å². The summed E-state index contributed by atoms with van der Waals surface area (Å²) in [4.78, 5) is 65.8. The number of H-pyrrole nitrogens is 1. The number of rotatable bonds is 16. The topological polar surface area (TPSA) is 210 Å². The van der Waals surface area contributed by atoms with Gasteiger partial charge in [0.15, 0.2) is 0 Å². The monoisotopic (exact) mass is 558 g/mol. The van der Waals surface area contributed by atoms with Gasteiger partial charge in [0.25, 0.3) is 0 Å². The molecule has 1 aromatic carbocycles. The highest BCUT2D eigenvalue weighted by Crippen LogP contribution is 2.20. The molecule has 40 heavy (non-hydrogen) atoms. The van der Waals surface area contributed by atoms with Gasteiger partial charge in [0.1, 0.15) is 18.1 Å². The third kappa shape index (κ3) is 8.80. The standard InChI is InChI=1S/C28H42N6O6/c1-5-15(3)23(33-25(36)19(29)11-12-22(30)35)27(38)32-21(26(37)34-24(28(39)40)16(4)6-2)13-17-14-31-20-10-8-7-9-18(17)20/h7-10,14-16,19,21,23-24,31H,5-6,11-13,29H2,1-4H3,(H2,30,35)(H,32,38)(H,33,36)(H,34,37)(H,39,40). The summed E-state index contributed by atoms with van der Waals surface area (Å²) in [5.41, 5.74) is 12.6. The molecule has 0 aliphatic heterocycles. The van der Waals surface area contributed by atoms with Crippen LogP contribution in [0, 0.1) is 11.8 Å². The zero-order valence-electron chi connectivity index (χ0n) is 23.5. The van der Waals surface area contributed by atoms with Crippen LogP contribution in [0.15, 0.2) is 30.5 Å². The van der Waals surface area contributed by atoms with E-state index in [0.29, 0.717) is 12.8 Å². The first kappa shape index (κ1) is 32.3. The second kappa shape index (κ2) is 15.0. The molecule has 0 radical (unpaired) electrons. The van der Waals surface area contributed by atoms with Gasteiger partial charge in [-0.25, -0.2) is 4.79 Å². The lowest BCUT2D eigenvalue weighted by atomic mass is 9.96. The lowest BCUT2D eigenvalue weighted by Crippen LogP contribution is -2.59. The minimum absolute atomic E-state index is 0.0216. The summed E-state index contributed by atoms with van der Waals surface area (Å²) in [6.07, 6.45) is 2.81. The average molecular weight is 559 g/mol. The lowest BCUT2D eigenvalue weighted by molar-refractivity contribution is -0.144. The van der Waals surface area contributed by atoms with Crippen molar-refractivity contribution in [1.29, 1.82) is 0 Å². The van der Waals surface area contributed by atoms with Crippen LogP contribution in [0.1, 0.15) is 58.9 Å². The fraction of sp³-hybridized carbons (Fsp3) is 0.536. The summed E-state index contributed by atoms with van der Waals surface area (Å²) in [6, 6.07) is 3.12. The Morgan fingerprint density at radius 1 is 0.900 bits per heavy atom. The van der Waals surface area contributed by atoms with Crippen molar-refractivity contribution in [2.24, 2.45) is 23.3 Å². The number of aromatic nitrogens is 1. The van der Waals surface area contributed by atoms with Gasteiger partial charge in [0, 0.05) is 29.9 Å². The number of aliphatic carboxylic acids is 1. The number of nitrogens with two attached hydrogens (primary N) is 2. The van der Waals surface area contributed by atoms with Gasteiger partial charge in [-0.2, -0.15) is 0 Å². The fourth-order valence-electron chi connectivity index (χ4n) is 4.32. The molecular formula is C28H42N6O6. The number of carbonyl (C=O) groups is 5. The summed E-state index contributed by atoms with van der Waals surface area (Å²) in [5, 5.41) is 18.6. The molecule has 12 nitrogen and oxygen atoms in total. The summed E-state index contributed by atoms with van der Waals surface area (Å²) in [7, 11) is 0. The molecule has 2 rings (SSSR count). The Morgan fingerprint density at radius 2 is 1.50 bits per heavy atom. The van der Waals surface area contributed by atoms with Crippen molar-refractivity contribution in [3.8, 4) is 0 Å². The molecule has 0 bridgehead atoms. The van der Waals surface area contributed by atoms with Crippen LogP contribution in [-0.2, 0) is 30.4 Å². The van der Waals surface area contributed by atoms with Crippen LogP contribution in [0.3, 0.4) is 0 Å². The van der Waals surface area contributed by atoms with Crippen molar-refractivity contribution in [1.82, 2.24) is 20.9 Å². The number of hydrogen-bond acceptors (Lipinski definition) is 6. The Hall–Kier alpha value is -3.93. The number of primary amides is 1. The molecule has 0 fully saturated rings. The molecule has 0 aliphatic carbocycles. The SMILES string of the molecule is CCC(C)C(NC(=O)C(Cc1c[nH]c2ccccc12)NC(=O)C(NC(=O)C(N)CCC(N)=O)C(C)CC)C(=O)O. The highest BCUT2D eigenvalue weighted by molar-refractivity contribution is 5.95. The largest absolute Gasteiger partial charge is 0.480 e. The van der Waals surface area contributed by atoms with Gasteiger partial charge in [-0.1, -0.05) is 58.7 Å². The first-order chi connectivity index (χ1) is 18.9. The number of para-hydroxylation sites is 1. The number of benzene rings is 1. The summed E-state index contributed by atoms with van der Waals surface area (Å²) < 4.78 is 0. The molecule has 0 saturated carbocycles. The molecule has 9 N–H and O–H groups in total. The van der Waals surface area contributed by atoms with E-state index < -0.39 is 53.8 Å². The first-order valence-electron chi connectivity index (χ1n) is 13.6. The van der Waals surface area contributed by atoms with Crippen LogP contribution in [0.25, 0.3) is 10.9 Å². The summed E-state index contributed by atoms with van der Waals surface area (Å²) >= 11 is 0. The normalized spacial score (nSPS) is 15.7. The van der Waals surface area contributed by atoms with E-state index in [-0.39, 0.29) is 31.1 Å². The second-order valence-electron chi connectivity index (χ2n) is 10.3. The highest BCUT2D eigenvalue weighted by atomic mass is 16.4. The first-order valence-corrected chi connectivity index (χ1v) is 13.6. The Labute approximate surface area is 234 Å². The molecule has 2 aromatic rings. The maximum absolute atomic E-state index is 13.5.